The molecule has 0 aromatic carbocycles. The van der Waals surface area contributed by atoms with Gasteiger partial charge in [-0.1, -0.05) is 6.42 Å². The van der Waals surface area contributed by atoms with E-state index >= 15 is 0 Å². The van der Waals surface area contributed by atoms with Crippen LogP contribution in [0.1, 0.15) is 19.3 Å². The lowest BCUT2D eigenvalue weighted by Gasteiger charge is -2.34. The van der Waals surface area contributed by atoms with E-state index in [1.54, 1.807) is 0 Å². The van der Waals surface area contributed by atoms with E-state index < -0.39 is 0 Å². The summed E-state index contributed by atoms with van der Waals surface area (Å²) >= 11 is 0. The van der Waals surface area contributed by atoms with Gasteiger partial charge in [0.05, 0.1) is 13.2 Å². The summed E-state index contributed by atoms with van der Waals surface area (Å²) in [6.45, 7) is 2.80. The zero-order valence-electron chi connectivity index (χ0n) is 6.23. The number of hydrogen-bond acceptors (Lipinski definition) is 2. The summed E-state index contributed by atoms with van der Waals surface area (Å²) in [5.41, 5.74) is 0.276. The van der Waals surface area contributed by atoms with E-state index in [0.717, 1.165) is 19.8 Å². The highest BCUT2D eigenvalue weighted by molar-refractivity contribution is 5.06. The van der Waals surface area contributed by atoms with Crippen LogP contribution in [0.25, 0.3) is 0 Å². The Bertz CT molecular complexity index is 110. The first-order valence-corrected chi connectivity index (χ1v) is 4.08. The highest BCUT2D eigenvalue weighted by atomic mass is 16.5. The molecule has 2 rings (SSSR count). The molecule has 0 amide bonds. The fourth-order valence-corrected chi connectivity index (χ4v) is 1.87. The number of rotatable bonds is 0. The van der Waals surface area contributed by atoms with Crippen molar-refractivity contribution in [1.82, 2.24) is 5.32 Å². The maximum absolute atomic E-state index is 5.41. The molecule has 1 atom stereocenters. The van der Waals surface area contributed by atoms with Gasteiger partial charge in [-0.3, -0.25) is 0 Å². The molecule has 10 heavy (non-hydrogen) atoms. The normalized spacial score (nSPS) is 31.2. The maximum atomic E-state index is 5.41. The molecule has 1 aliphatic carbocycles. The van der Waals surface area contributed by atoms with Crippen molar-refractivity contribution in [2.24, 2.45) is 0 Å². The molecule has 1 N–H and O–H groups in total. The van der Waals surface area contributed by atoms with Gasteiger partial charge < -0.3 is 10.1 Å². The van der Waals surface area contributed by atoms with E-state index in [4.69, 9.17) is 4.74 Å². The summed E-state index contributed by atoms with van der Waals surface area (Å²) in [6.07, 6.45) is 6.24. The summed E-state index contributed by atoms with van der Waals surface area (Å²) in [7, 11) is 0. The van der Waals surface area contributed by atoms with Gasteiger partial charge in [-0.05, 0) is 19.3 Å². The van der Waals surface area contributed by atoms with Crippen LogP contribution in [0.4, 0.5) is 0 Å². The number of nitrogens with one attached hydrogen (secondary N) is 1. The Morgan fingerprint density at radius 3 is 3.10 bits per heavy atom. The van der Waals surface area contributed by atoms with Gasteiger partial charge in [-0.2, -0.15) is 0 Å². The van der Waals surface area contributed by atoms with Gasteiger partial charge in [0.15, 0.2) is 0 Å². The average molecular weight is 140 g/mol. The fourth-order valence-electron chi connectivity index (χ4n) is 1.87. The predicted molar refractivity (Wildman–Crippen MR) is 39.7 cm³/mol. The van der Waals surface area contributed by atoms with E-state index in [9.17, 15) is 0 Å². The zero-order chi connectivity index (χ0) is 6.86. The molecule has 1 unspecified atom stereocenters. The van der Waals surface area contributed by atoms with Gasteiger partial charge in [-0.15, -0.1) is 0 Å². The second-order valence-electron chi connectivity index (χ2n) is 3.23. The highest BCUT2D eigenvalue weighted by Crippen LogP contribution is 2.29. The molecule has 0 aromatic rings. The van der Waals surface area contributed by atoms with E-state index in [1.807, 2.05) is 0 Å². The second-order valence-corrected chi connectivity index (χ2v) is 3.23. The third kappa shape index (κ3) is 1.06. The van der Waals surface area contributed by atoms with Crippen molar-refractivity contribution >= 4 is 0 Å². The molecule has 1 spiro atoms. The average Bonchev–Trinajstić information content (AvgIpc) is 2.39. The summed E-state index contributed by atoms with van der Waals surface area (Å²) in [5.74, 6) is 0. The third-order valence-electron chi connectivity index (χ3n) is 2.45. The van der Waals surface area contributed by atoms with Crippen molar-refractivity contribution in [3.05, 3.63) is 6.42 Å². The summed E-state index contributed by atoms with van der Waals surface area (Å²) < 4.78 is 5.41. The Morgan fingerprint density at radius 2 is 2.50 bits per heavy atom. The van der Waals surface area contributed by atoms with Crippen molar-refractivity contribution in [3.63, 3.8) is 0 Å². The van der Waals surface area contributed by atoms with Crippen LogP contribution < -0.4 is 5.32 Å². The minimum Gasteiger partial charge on any atom is -0.378 e. The van der Waals surface area contributed by atoms with Gasteiger partial charge in [0.1, 0.15) is 0 Å². The van der Waals surface area contributed by atoms with Crippen LogP contribution in [0.2, 0.25) is 0 Å². The van der Waals surface area contributed by atoms with Gasteiger partial charge in [0.25, 0.3) is 0 Å². The Hall–Kier alpha value is -0.0800. The largest absolute Gasteiger partial charge is 0.378 e. The minimum absolute atomic E-state index is 0.276. The molecule has 0 bridgehead atoms. The van der Waals surface area contributed by atoms with Crippen molar-refractivity contribution in [1.29, 1.82) is 0 Å². The molecule has 2 heteroatoms. The zero-order valence-corrected chi connectivity index (χ0v) is 6.23. The summed E-state index contributed by atoms with van der Waals surface area (Å²) in [6, 6.07) is 0. The first kappa shape index (κ1) is 6.62. The lowest BCUT2D eigenvalue weighted by Crippen LogP contribution is -2.52. The van der Waals surface area contributed by atoms with Crippen LogP contribution >= 0.6 is 0 Å². The smallest absolute Gasteiger partial charge is 0.0651 e. The van der Waals surface area contributed by atoms with Crippen molar-refractivity contribution in [3.8, 4) is 0 Å². The van der Waals surface area contributed by atoms with Gasteiger partial charge in [0, 0.05) is 12.1 Å². The van der Waals surface area contributed by atoms with Crippen molar-refractivity contribution < 1.29 is 4.74 Å². The van der Waals surface area contributed by atoms with E-state index in [2.05, 4.69) is 11.7 Å². The monoisotopic (exact) mass is 140 g/mol. The molecule has 1 saturated heterocycles. The number of morpholine rings is 1. The van der Waals surface area contributed by atoms with E-state index in [0.29, 0.717) is 0 Å². The molecule has 2 aliphatic rings. The van der Waals surface area contributed by atoms with Crippen LogP contribution in [0.5, 0.6) is 0 Å². The number of ether oxygens (including phenoxy) is 1. The molecule has 0 aromatic heterocycles. The molecule has 2 nitrogen and oxygen atoms in total. The quantitative estimate of drug-likeness (QED) is 0.535. The molecule has 2 fully saturated rings. The first-order valence-electron chi connectivity index (χ1n) is 4.08. The Labute approximate surface area is 61.9 Å². The van der Waals surface area contributed by atoms with Crippen LogP contribution in [0.3, 0.4) is 0 Å². The van der Waals surface area contributed by atoms with Crippen LogP contribution in [0, 0.1) is 6.42 Å². The standard InChI is InChI=1S/C8H14NO/c1-2-4-8(3-1)7-10-6-5-9-8/h3,9H,1-2,4-7H2. The fraction of sp³-hybridized carbons (Fsp3) is 0.875. The van der Waals surface area contributed by atoms with Crippen molar-refractivity contribution in [2.75, 3.05) is 19.8 Å². The lowest BCUT2D eigenvalue weighted by molar-refractivity contribution is 0.0442. The van der Waals surface area contributed by atoms with E-state index in [-0.39, 0.29) is 5.54 Å². The topological polar surface area (TPSA) is 21.3 Å². The number of hydrogen-bond donors (Lipinski definition) is 1. The Kier molecular flexibility index (Phi) is 1.66. The van der Waals surface area contributed by atoms with Gasteiger partial charge in [0.2, 0.25) is 0 Å². The van der Waals surface area contributed by atoms with Crippen LogP contribution in [0.15, 0.2) is 0 Å². The molecule has 1 saturated carbocycles. The lowest BCUT2D eigenvalue weighted by atomic mass is 9.98. The summed E-state index contributed by atoms with van der Waals surface area (Å²) in [5, 5.41) is 3.51. The highest BCUT2D eigenvalue weighted by Gasteiger charge is 2.35. The summed E-state index contributed by atoms with van der Waals surface area (Å²) in [4.78, 5) is 0. The van der Waals surface area contributed by atoms with Gasteiger partial charge in [-0.25, -0.2) is 0 Å². The first-order chi connectivity index (χ1) is 4.91. The SMILES string of the molecule is [CH]1CCCC12COCCN2. The van der Waals surface area contributed by atoms with Crippen molar-refractivity contribution in [2.45, 2.75) is 24.8 Å². The maximum Gasteiger partial charge on any atom is 0.0651 e. The molecule has 1 aliphatic heterocycles. The molecule has 57 valence electrons. The molecular formula is C8H14NO. The molecular weight excluding hydrogens is 126 g/mol. The second kappa shape index (κ2) is 2.51. The Balaban J connectivity index is 1.98. The third-order valence-corrected chi connectivity index (χ3v) is 2.45. The van der Waals surface area contributed by atoms with Crippen LogP contribution in [-0.4, -0.2) is 25.3 Å². The Morgan fingerprint density at radius 1 is 1.50 bits per heavy atom. The molecule has 1 heterocycles. The van der Waals surface area contributed by atoms with Gasteiger partial charge >= 0.3 is 0 Å². The molecule has 1 radical (unpaired) electrons. The van der Waals surface area contributed by atoms with E-state index in [1.165, 1.54) is 19.3 Å². The van der Waals surface area contributed by atoms with Crippen LogP contribution in [-0.2, 0) is 4.74 Å². The minimum atomic E-state index is 0.276. The predicted octanol–water partition coefficient (Wildman–Crippen LogP) is 0.733.